The van der Waals surface area contributed by atoms with E-state index in [0.29, 0.717) is 24.3 Å². The molecule has 0 bridgehead atoms. The van der Waals surface area contributed by atoms with Gasteiger partial charge >= 0.3 is 11.6 Å². The molecule has 0 saturated carbocycles. The van der Waals surface area contributed by atoms with E-state index in [-0.39, 0.29) is 29.6 Å². The van der Waals surface area contributed by atoms with Crippen LogP contribution in [-0.2, 0) is 16.0 Å². The summed E-state index contributed by atoms with van der Waals surface area (Å²) in [5.74, 6) is -0.336. The Balaban J connectivity index is 1.37. The Morgan fingerprint density at radius 3 is 2.61 bits per heavy atom. The fourth-order valence-corrected chi connectivity index (χ4v) is 3.54. The van der Waals surface area contributed by atoms with Crippen molar-refractivity contribution < 1.29 is 28.2 Å². The van der Waals surface area contributed by atoms with E-state index < -0.39 is 17.5 Å². The van der Waals surface area contributed by atoms with Gasteiger partial charge in [-0.2, -0.15) is 0 Å². The Kier molecular flexibility index (Phi) is 7.04. The first-order valence-corrected chi connectivity index (χ1v) is 10.9. The van der Waals surface area contributed by atoms with Crippen LogP contribution in [0.1, 0.15) is 35.7 Å². The number of fused-ring (bicyclic) bond motifs is 1. The van der Waals surface area contributed by atoms with Gasteiger partial charge in [0, 0.05) is 24.6 Å². The molecular formula is C25H25NO7. The SMILES string of the molecule is CCc1ccc(OCC(=O)Oc2ccc3cc(C(=O)NCC4CCCO4)c(=O)oc3c2)cc1. The average Bonchev–Trinajstić information content (AvgIpc) is 3.35. The van der Waals surface area contributed by atoms with Crippen molar-refractivity contribution in [3.63, 3.8) is 0 Å². The number of carbonyl (C=O) groups excluding carboxylic acids is 2. The van der Waals surface area contributed by atoms with Gasteiger partial charge in [-0.3, -0.25) is 4.79 Å². The summed E-state index contributed by atoms with van der Waals surface area (Å²) in [4.78, 5) is 36.8. The molecule has 2 aromatic carbocycles. The van der Waals surface area contributed by atoms with Gasteiger partial charge in [-0.1, -0.05) is 19.1 Å². The van der Waals surface area contributed by atoms with E-state index >= 15 is 0 Å². The van der Waals surface area contributed by atoms with Crippen LogP contribution in [0, 0.1) is 0 Å². The number of nitrogens with one attached hydrogen (secondary N) is 1. The van der Waals surface area contributed by atoms with Gasteiger partial charge in [0.25, 0.3) is 5.91 Å². The van der Waals surface area contributed by atoms with E-state index in [4.69, 9.17) is 18.6 Å². The summed E-state index contributed by atoms with van der Waals surface area (Å²) in [6, 6.07) is 13.5. The number of carbonyl (C=O) groups is 2. The summed E-state index contributed by atoms with van der Waals surface area (Å²) < 4.78 is 21.5. The van der Waals surface area contributed by atoms with Crippen molar-refractivity contribution in [1.29, 1.82) is 0 Å². The molecule has 1 amide bonds. The highest BCUT2D eigenvalue weighted by Gasteiger charge is 2.19. The molecule has 0 aliphatic carbocycles. The Morgan fingerprint density at radius 1 is 1.09 bits per heavy atom. The average molecular weight is 451 g/mol. The third-order valence-corrected chi connectivity index (χ3v) is 5.39. The number of ether oxygens (including phenoxy) is 3. The second-order valence-corrected chi connectivity index (χ2v) is 7.75. The summed E-state index contributed by atoms with van der Waals surface area (Å²) in [5.41, 5.74) is 0.519. The third-order valence-electron chi connectivity index (χ3n) is 5.39. The van der Waals surface area contributed by atoms with Crippen LogP contribution in [0.5, 0.6) is 11.5 Å². The molecule has 172 valence electrons. The van der Waals surface area contributed by atoms with Crippen molar-refractivity contribution >= 4 is 22.8 Å². The highest BCUT2D eigenvalue weighted by Crippen LogP contribution is 2.21. The minimum Gasteiger partial charge on any atom is -0.482 e. The highest BCUT2D eigenvalue weighted by atomic mass is 16.6. The predicted octanol–water partition coefficient (Wildman–Crippen LogP) is 3.25. The lowest BCUT2D eigenvalue weighted by Crippen LogP contribution is -2.34. The predicted molar refractivity (Wildman–Crippen MR) is 121 cm³/mol. The largest absolute Gasteiger partial charge is 0.482 e. The maximum Gasteiger partial charge on any atom is 0.349 e. The molecule has 1 saturated heterocycles. The normalized spacial score (nSPS) is 15.4. The summed E-state index contributed by atoms with van der Waals surface area (Å²) in [6.07, 6.45) is 2.73. The third kappa shape index (κ3) is 5.78. The number of benzene rings is 2. The van der Waals surface area contributed by atoms with Crippen molar-refractivity contribution in [2.75, 3.05) is 19.8 Å². The van der Waals surface area contributed by atoms with Gasteiger partial charge in [0.15, 0.2) is 6.61 Å². The smallest absolute Gasteiger partial charge is 0.349 e. The molecule has 1 aromatic heterocycles. The maximum atomic E-state index is 12.4. The molecule has 8 nitrogen and oxygen atoms in total. The molecule has 1 aliphatic rings. The molecule has 33 heavy (non-hydrogen) atoms. The lowest BCUT2D eigenvalue weighted by Gasteiger charge is -2.10. The maximum absolute atomic E-state index is 12.4. The van der Waals surface area contributed by atoms with E-state index in [9.17, 15) is 14.4 Å². The standard InChI is InChI=1S/C25H25NO7/c1-2-16-5-8-18(9-6-16)31-15-23(27)32-19-10-7-17-12-21(25(29)33-22(17)13-19)24(28)26-14-20-4-3-11-30-20/h5-10,12-13,20H,2-4,11,14-15H2,1H3,(H,26,28). The molecule has 1 fully saturated rings. The second-order valence-electron chi connectivity index (χ2n) is 7.75. The molecule has 3 aromatic rings. The van der Waals surface area contributed by atoms with Gasteiger partial charge in [-0.05, 0) is 55.2 Å². The first-order valence-electron chi connectivity index (χ1n) is 10.9. The quantitative estimate of drug-likeness (QED) is 0.318. The Bertz CT molecular complexity index is 1190. The Hall–Kier alpha value is -3.65. The van der Waals surface area contributed by atoms with E-state index in [0.717, 1.165) is 19.3 Å². The molecular weight excluding hydrogens is 426 g/mol. The molecule has 4 rings (SSSR count). The topological polar surface area (TPSA) is 104 Å². The van der Waals surface area contributed by atoms with Gasteiger partial charge in [-0.25, -0.2) is 9.59 Å². The first-order chi connectivity index (χ1) is 16.0. The van der Waals surface area contributed by atoms with Gasteiger partial charge in [-0.15, -0.1) is 0 Å². The van der Waals surface area contributed by atoms with Crippen LogP contribution in [0.2, 0.25) is 0 Å². The Labute approximate surface area is 190 Å². The number of aryl methyl sites for hydroxylation is 1. The van der Waals surface area contributed by atoms with E-state index in [1.165, 1.54) is 17.7 Å². The fraction of sp³-hybridized carbons (Fsp3) is 0.320. The molecule has 8 heteroatoms. The van der Waals surface area contributed by atoms with Gasteiger partial charge in [0.2, 0.25) is 0 Å². The number of esters is 1. The Morgan fingerprint density at radius 2 is 1.88 bits per heavy atom. The van der Waals surface area contributed by atoms with Crippen molar-refractivity contribution in [3.05, 3.63) is 70.1 Å². The fourth-order valence-electron chi connectivity index (χ4n) is 3.54. The van der Waals surface area contributed by atoms with E-state index in [1.807, 2.05) is 12.1 Å². The van der Waals surface area contributed by atoms with Gasteiger partial charge in [0.05, 0.1) is 6.10 Å². The van der Waals surface area contributed by atoms with Crippen LogP contribution in [0.3, 0.4) is 0 Å². The molecule has 1 aliphatic heterocycles. The van der Waals surface area contributed by atoms with Crippen molar-refractivity contribution in [1.82, 2.24) is 5.32 Å². The number of hydrogen-bond acceptors (Lipinski definition) is 7. The molecule has 1 N–H and O–H groups in total. The van der Waals surface area contributed by atoms with Gasteiger partial charge < -0.3 is 23.9 Å². The number of hydrogen-bond donors (Lipinski definition) is 1. The summed E-state index contributed by atoms with van der Waals surface area (Å²) in [6.45, 7) is 2.82. The highest BCUT2D eigenvalue weighted by molar-refractivity contribution is 5.96. The van der Waals surface area contributed by atoms with Crippen LogP contribution in [-0.4, -0.2) is 37.7 Å². The summed E-state index contributed by atoms with van der Waals surface area (Å²) in [7, 11) is 0. The molecule has 2 heterocycles. The van der Waals surface area contributed by atoms with Crippen molar-refractivity contribution in [2.45, 2.75) is 32.3 Å². The lowest BCUT2D eigenvalue weighted by atomic mass is 10.1. The minimum atomic E-state index is -0.769. The number of amides is 1. The lowest BCUT2D eigenvalue weighted by molar-refractivity contribution is -0.136. The molecule has 0 spiro atoms. The molecule has 0 radical (unpaired) electrons. The van der Waals surface area contributed by atoms with Crippen LogP contribution in [0.15, 0.2) is 57.7 Å². The van der Waals surface area contributed by atoms with Crippen LogP contribution >= 0.6 is 0 Å². The van der Waals surface area contributed by atoms with Crippen LogP contribution in [0.4, 0.5) is 0 Å². The van der Waals surface area contributed by atoms with Gasteiger partial charge in [0.1, 0.15) is 22.6 Å². The zero-order chi connectivity index (χ0) is 23.2. The van der Waals surface area contributed by atoms with Crippen molar-refractivity contribution in [2.24, 2.45) is 0 Å². The van der Waals surface area contributed by atoms with Crippen LogP contribution in [0.25, 0.3) is 11.0 Å². The first kappa shape index (κ1) is 22.5. The monoisotopic (exact) mass is 451 g/mol. The zero-order valence-electron chi connectivity index (χ0n) is 18.3. The molecule has 1 atom stereocenters. The van der Waals surface area contributed by atoms with E-state index in [1.54, 1.807) is 24.3 Å². The summed E-state index contributed by atoms with van der Waals surface area (Å²) in [5, 5.41) is 3.24. The minimum absolute atomic E-state index is 0.0293. The second kappa shape index (κ2) is 10.3. The van der Waals surface area contributed by atoms with Crippen LogP contribution < -0.4 is 20.4 Å². The summed E-state index contributed by atoms with van der Waals surface area (Å²) >= 11 is 0. The zero-order valence-corrected chi connectivity index (χ0v) is 18.3. The number of rotatable bonds is 8. The molecule has 1 unspecified atom stereocenters. The van der Waals surface area contributed by atoms with E-state index in [2.05, 4.69) is 12.2 Å². The van der Waals surface area contributed by atoms with Crippen molar-refractivity contribution in [3.8, 4) is 11.5 Å².